The van der Waals surface area contributed by atoms with Crippen molar-refractivity contribution in [1.29, 1.82) is 5.26 Å². The van der Waals surface area contributed by atoms with E-state index in [1.54, 1.807) is 16.9 Å². The zero-order valence-corrected chi connectivity index (χ0v) is 17.0. The van der Waals surface area contributed by atoms with E-state index in [0.717, 1.165) is 28.1 Å². The summed E-state index contributed by atoms with van der Waals surface area (Å²) in [6, 6.07) is 8.09. The van der Waals surface area contributed by atoms with Gasteiger partial charge in [-0.1, -0.05) is 0 Å². The molecule has 9 nitrogen and oxygen atoms in total. The Balaban J connectivity index is 1.87. The highest BCUT2D eigenvalue weighted by Gasteiger charge is 2.18. The van der Waals surface area contributed by atoms with Gasteiger partial charge in [-0.25, -0.2) is 9.97 Å². The summed E-state index contributed by atoms with van der Waals surface area (Å²) >= 11 is 0. The van der Waals surface area contributed by atoms with Crippen LogP contribution in [-0.4, -0.2) is 37.1 Å². The summed E-state index contributed by atoms with van der Waals surface area (Å²) < 4.78 is 3.76. The smallest absolute Gasteiger partial charge is 0.225 e. The monoisotopic (exact) mass is 402 g/mol. The minimum Gasteiger partial charge on any atom is -0.373 e. The van der Waals surface area contributed by atoms with Crippen LogP contribution in [-0.2, 0) is 4.79 Å². The Hall–Kier alpha value is -3.93. The van der Waals surface area contributed by atoms with E-state index in [-0.39, 0.29) is 24.8 Å². The predicted molar refractivity (Wildman–Crippen MR) is 115 cm³/mol. The molecule has 9 heteroatoms. The minimum atomic E-state index is -0.245. The maximum Gasteiger partial charge on any atom is 0.225 e. The quantitative estimate of drug-likeness (QED) is 0.509. The zero-order valence-electron chi connectivity index (χ0n) is 17.0. The molecule has 0 unspecified atom stereocenters. The van der Waals surface area contributed by atoms with E-state index in [2.05, 4.69) is 45.3 Å². The number of hydrogen-bond acceptors (Lipinski definition) is 6. The molecule has 0 aliphatic rings. The number of amides is 1. The minimum absolute atomic E-state index is 0.125. The van der Waals surface area contributed by atoms with Crippen LogP contribution in [0, 0.1) is 11.3 Å². The van der Waals surface area contributed by atoms with Crippen LogP contribution in [0.1, 0.15) is 32.7 Å². The molecule has 4 heterocycles. The summed E-state index contributed by atoms with van der Waals surface area (Å²) in [5.74, 6) is 0.493. The molecular formula is C21H22N8O. The highest BCUT2D eigenvalue weighted by molar-refractivity contribution is 5.96. The Bertz CT molecular complexity index is 1280. The van der Waals surface area contributed by atoms with Gasteiger partial charge in [-0.05, 0) is 26.0 Å². The molecule has 0 spiro atoms. The molecule has 0 aliphatic carbocycles. The second-order valence-corrected chi connectivity index (χ2v) is 7.19. The molecule has 0 atom stereocenters. The van der Waals surface area contributed by atoms with Crippen molar-refractivity contribution >= 4 is 34.1 Å². The number of carbonyl (C=O) groups is 1. The first kappa shape index (κ1) is 19.4. The van der Waals surface area contributed by atoms with Gasteiger partial charge in [0.15, 0.2) is 5.65 Å². The van der Waals surface area contributed by atoms with Crippen molar-refractivity contribution in [3.63, 3.8) is 0 Å². The second kappa shape index (κ2) is 7.83. The van der Waals surface area contributed by atoms with Gasteiger partial charge in [-0.15, -0.1) is 0 Å². The summed E-state index contributed by atoms with van der Waals surface area (Å²) in [6.07, 6.45) is 5.69. The van der Waals surface area contributed by atoms with Crippen molar-refractivity contribution in [2.75, 3.05) is 17.7 Å². The average molecular weight is 402 g/mol. The van der Waals surface area contributed by atoms with Crippen LogP contribution in [0.5, 0.6) is 0 Å². The second-order valence-electron chi connectivity index (χ2n) is 7.19. The SMILES string of the molecule is CNc1cc(-c2cn(C(C)C)c3ncccc23)nc2c(NC(=O)CCC#N)cnn12. The largest absolute Gasteiger partial charge is 0.373 e. The first-order chi connectivity index (χ1) is 14.5. The van der Waals surface area contributed by atoms with Crippen molar-refractivity contribution < 1.29 is 4.79 Å². The number of anilines is 2. The molecule has 1 amide bonds. The Morgan fingerprint density at radius 2 is 2.17 bits per heavy atom. The Morgan fingerprint density at radius 3 is 2.90 bits per heavy atom. The van der Waals surface area contributed by atoms with E-state index in [0.29, 0.717) is 11.3 Å². The lowest BCUT2D eigenvalue weighted by Gasteiger charge is -2.09. The standard InChI is InChI=1S/C21H22N8O/c1-13(2)28-12-15(14-6-5-9-24-20(14)28)16-10-18(23-3)29-21(27-16)17(11-25-29)26-19(30)7-4-8-22/h5-6,9-13,23H,4,7H2,1-3H3,(H,26,30). The van der Waals surface area contributed by atoms with Crippen LogP contribution in [0.3, 0.4) is 0 Å². The summed E-state index contributed by atoms with van der Waals surface area (Å²) in [7, 11) is 1.81. The molecular weight excluding hydrogens is 380 g/mol. The van der Waals surface area contributed by atoms with Crippen molar-refractivity contribution in [3.8, 4) is 17.3 Å². The maximum absolute atomic E-state index is 12.1. The number of nitriles is 1. The number of carbonyl (C=O) groups excluding carboxylic acids is 1. The van der Waals surface area contributed by atoms with Gasteiger partial charge in [-0.2, -0.15) is 14.9 Å². The van der Waals surface area contributed by atoms with Crippen LogP contribution in [0.4, 0.5) is 11.5 Å². The number of hydrogen-bond donors (Lipinski definition) is 2. The number of pyridine rings is 1. The van der Waals surface area contributed by atoms with E-state index < -0.39 is 0 Å². The fraction of sp³-hybridized carbons (Fsp3) is 0.286. The lowest BCUT2D eigenvalue weighted by molar-refractivity contribution is -0.116. The molecule has 0 saturated carbocycles. The van der Waals surface area contributed by atoms with E-state index in [1.807, 2.05) is 31.3 Å². The van der Waals surface area contributed by atoms with Gasteiger partial charge < -0.3 is 15.2 Å². The van der Waals surface area contributed by atoms with Crippen LogP contribution in [0.25, 0.3) is 27.9 Å². The Labute approximate surface area is 173 Å². The van der Waals surface area contributed by atoms with E-state index >= 15 is 0 Å². The Kier molecular flexibility index (Phi) is 5.06. The van der Waals surface area contributed by atoms with Crippen molar-refractivity contribution in [3.05, 3.63) is 36.8 Å². The number of nitrogens with zero attached hydrogens (tertiary/aromatic N) is 6. The highest BCUT2D eigenvalue weighted by Crippen LogP contribution is 2.33. The third-order valence-electron chi connectivity index (χ3n) is 4.89. The summed E-state index contributed by atoms with van der Waals surface area (Å²) in [4.78, 5) is 21.5. The van der Waals surface area contributed by atoms with E-state index in [1.165, 1.54) is 0 Å². The molecule has 30 heavy (non-hydrogen) atoms. The molecule has 4 aromatic heterocycles. The summed E-state index contributed by atoms with van der Waals surface area (Å²) in [6.45, 7) is 4.22. The van der Waals surface area contributed by atoms with E-state index in [4.69, 9.17) is 10.2 Å². The third kappa shape index (κ3) is 3.33. The fourth-order valence-corrected chi connectivity index (χ4v) is 3.43. The lowest BCUT2D eigenvalue weighted by atomic mass is 10.1. The lowest BCUT2D eigenvalue weighted by Crippen LogP contribution is -2.11. The van der Waals surface area contributed by atoms with Gasteiger partial charge in [0, 0.05) is 55.3 Å². The first-order valence-electron chi connectivity index (χ1n) is 9.72. The van der Waals surface area contributed by atoms with Crippen molar-refractivity contribution in [2.24, 2.45) is 0 Å². The predicted octanol–water partition coefficient (Wildman–Crippen LogP) is 3.61. The first-order valence-corrected chi connectivity index (χ1v) is 9.72. The van der Waals surface area contributed by atoms with Crippen LogP contribution in [0.15, 0.2) is 36.8 Å². The molecule has 0 bridgehead atoms. The van der Waals surface area contributed by atoms with Gasteiger partial charge in [0.05, 0.1) is 18.0 Å². The molecule has 0 fully saturated rings. The zero-order chi connectivity index (χ0) is 21.3. The summed E-state index contributed by atoms with van der Waals surface area (Å²) in [5.41, 5.74) is 3.62. The van der Waals surface area contributed by atoms with Crippen molar-refractivity contribution in [1.82, 2.24) is 24.1 Å². The van der Waals surface area contributed by atoms with Crippen molar-refractivity contribution in [2.45, 2.75) is 32.7 Å². The fourth-order valence-electron chi connectivity index (χ4n) is 3.43. The highest BCUT2D eigenvalue weighted by atomic mass is 16.1. The van der Waals surface area contributed by atoms with Crippen LogP contribution < -0.4 is 10.6 Å². The van der Waals surface area contributed by atoms with Gasteiger partial charge in [0.2, 0.25) is 5.91 Å². The topological polar surface area (TPSA) is 113 Å². The maximum atomic E-state index is 12.1. The van der Waals surface area contributed by atoms with E-state index in [9.17, 15) is 4.79 Å². The molecule has 0 aromatic carbocycles. The molecule has 0 saturated heterocycles. The molecule has 4 aromatic rings. The van der Waals surface area contributed by atoms with Crippen LogP contribution in [0.2, 0.25) is 0 Å². The molecule has 0 aliphatic heterocycles. The van der Waals surface area contributed by atoms with Gasteiger partial charge in [0.1, 0.15) is 17.2 Å². The van der Waals surface area contributed by atoms with Gasteiger partial charge in [-0.3, -0.25) is 4.79 Å². The normalized spacial score (nSPS) is 11.2. The number of rotatable bonds is 6. The molecule has 0 radical (unpaired) electrons. The summed E-state index contributed by atoms with van der Waals surface area (Å²) in [5, 5.41) is 20.0. The van der Waals surface area contributed by atoms with Gasteiger partial charge in [0.25, 0.3) is 0 Å². The Morgan fingerprint density at radius 1 is 1.33 bits per heavy atom. The third-order valence-corrected chi connectivity index (χ3v) is 4.89. The van der Waals surface area contributed by atoms with Gasteiger partial charge >= 0.3 is 0 Å². The average Bonchev–Trinajstić information content (AvgIpc) is 3.33. The molecule has 2 N–H and O–H groups in total. The number of fused-ring (bicyclic) bond motifs is 2. The molecule has 152 valence electrons. The van der Waals surface area contributed by atoms with Crippen LogP contribution >= 0.6 is 0 Å². The molecule has 4 rings (SSSR count). The number of nitrogens with one attached hydrogen (secondary N) is 2. The number of aromatic nitrogens is 5.